The van der Waals surface area contributed by atoms with Gasteiger partial charge in [-0.05, 0) is 12.5 Å². The Morgan fingerprint density at radius 2 is 2.05 bits per heavy atom. The Hall–Kier alpha value is -2.63. The minimum Gasteiger partial charge on any atom is -0.383 e. The van der Waals surface area contributed by atoms with Gasteiger partial charge in [-0.25, -0.2) is 0 Å². The molecule has 0 amide bonds. The molecule has 0 spiro atoms. The van der Waals surface area contributed by atoms with Crippen molar-refractivity contribution in [2.75, 3.05) is 5.73 Å². The maximum absolute atomic E-state index is 5.71. The van der Waals surface area contributed by atoms with Crippen LogP contribution in [-0.4, -0.2) is 20.3 Å². The molecule has 96 valence electrons. The normalized spacial score (nSPS) is 10.8. The molecule has 0 unspecified atom stereocenters. The number of aromatic amines is 1. The molecule has 0 saturated carbocycles. The molecule has 6 nitrogen and oxygen atoms in total. The molecule has 0 aliphatic carbocycles. The highest BCUT2D eigenvalue weighted by molar-refractivity contribution is 5.65. The van der Waals surface area contributed by atoms with Gasteiger partial charge in [-0.15, -0.1) is 0 Å². The van der Waals surface area contributed by atoms with E-state index in [2.05, 4.69) is 51.5 Å². The fraction of sp³-hybridized carbons (Fsp3) is 0.154. The second-order valence-corrected chi connectivity index (χ2v) is 4.38. The zero-order chi connectivity index (χ0) is 13.2. The van der Waals surface area contributed by atoms with Crippen LogP contribution in [0.4, 0.5) is 5.82 Å². The van der Waals surface area contributed by atoms with Gasteiger partial charge in [-0.2, -0.15) is 10.1 Å². The maximum Gasteiger partial charge on any atom is 0.263 e. The fourth-order valence-electron chi connectivity index (χ4n) is 1.79. The molecule has 2 aromatic heterocycles. The van der Waals surface area contributed by atoms with Crippen LogP contribution in [0.15, 0.2) is 35.0 Å². The zero-order valence-electron chi connectivity index (χ0n) is 10.4. The van der Waals surface area contributed by atoms with Crippen LogP contribution in [0.3, 0.4) is 0 Å². The van der Waals surface area contributed by atoms with Gasteiger partial charge in [0.1, 0.15) is 11.4 Å². The number of aromatic nitrogens is 4. The van der Waals surface area contributed by atoms with Crippen LogP contribution >= 0.6 is 0 Å². The molecule has 0 fully saturated rings. The molecule has 1 aromatic carbocycles. The van der Waals surface area contributed by atoms with E-state index in [-0.39, 0.29) is 0 Å². The molecule has 0 bridgehead atoms. The molecule has 0 saturated heterocycles. The lowest BCUT2D eigenvalue weighted by atomic mass is 10.1. The molecule has 0 aliphatic heterocycles. The molecular weight excluding hydrogens is 242 g/mol. The van der Waals surface area contributed by atoms with Crippen LogP contribution in [-0.2, 0) is 6.42 Å². The predicted octanol–water partition coefficient (Wildman–Crippen LogP) is 1.94. The van der Waals surface area contributed by atoms with Crippen molar-refractivity contribution < 1.29 is 4.52 Å². The van der Waals surface area contributed by atoms with Crippen molar-refractivity contribution in [3.05, 3.63) is 47.4 Å². The van der Waals surface area contributed by atoms with E-state index in [0.717, 1.165) is 5.56 Å². The average molecular weight is 255 g/mol. The third kappa shape index (κ3) is 2.33. The van der Waals surface area contributed by atoms with Gasteiger partial charge in [-0.3, -0.25) is 5.10 Å². The maximum atomic E-state index is 5.71. The van der Waals surface area contributed by atoms with E-state index in [1.807, 2.05) is 0 Å². The second kappa shape index (κ2) is 4.56. The first-order valence-corrected chi connectivity index (χ1v) is 5.90. The highest BCUT2D eigenvalue weighted by atomic mass is 16.5. The number of rotatable bonds is 3. The van der Waals surface area contributed by atoms with Gasteiger partial charge in [0, 0.05) is 6.42 Å². The number of nitrogen functional groups attached to an aromatic ring is 1. The Bertz CT molecular complexity index is 683. The van der Waals surface area contributed by atoms with Gasteiger partial charge < -0.3 is 10.3 Å². The Balaban J connectivity index is 1.82. The molecule has 0 atom stereocenters. The molecule has 3 aromatic rings. The van der Waals surface area contributed by atoms with Gasteiger partial charge in [0.2, 0.25) is 0 Å². The summed E-state index contributed by atoms with van der Waals surface area (Å²) < 4.78 is 5.18. The van der Waals surface area contributed by atoms with Gasteiger partial charge in [-0.1, -0.05) is 35.0 Å². The highest BCUT2D eigenvalue weighted by Crippen LogP contribution is 2.21. The Morgan fingerprint density at radius 1 is 1.26 bits per heavy atom. The van der Waals surface area contributed by atoms with E-state index in [4.69, 9.17) is 10.3 Å². The van der Waals surface area contributed by atoms with Gasteiger partial charge in [0.05, 0.1) is 6.20 Å². The first-order valence-electron chi connectivity index (χ1n) is 5.90. The third-order valence-corrected chi connectivity index (χ3v) is 2.85. The van der Waals surface area contributed by atoms with Crippen molar-refractivity contribution in [1.29, 1.82) is 0 Å². The summed E-state index contributed by atoms with van der Waals surface area (Å²) in [7, 11) is 0. The van der Waals surface area contributed by atoms with Crippen molar-refractivity contribution in [2.24, 2.45) is 0 Å². The summed E-state index contributed by atoms with van der Waals surface area (Å²) in [5.74, 6) is 1.43. The SMILES string of the molecule is Cc1ccc(Cc2noc(-c3cn[nH]c3N)n2)cc1. The zero-order valence-corrected chi connectivity index (χ0v) is 10.4. The molecule has 2 heterocycles. The summed E-state index contributed by atoms with van der Waals surface area (Å²) in [4.78, 5) is 4.31. The number of nitrogens with two attached hydrogens (primary N) is 1. The van der Waals surface area contributed by atoms with Crippen LogP contribution < -0.4 is 5.73 Å². The van der Waals surface area contributed by atoms with Crippen LogP contribution in [0, 0.1) is 6.92 Å². The summed E-state index contributed by atoms with van der Waals surface area (Å²) in [6, 6.07) is 8.23. The van der Waals surface area contributed by atoms with E-state index in [1.165, 1.54) is 5.56 Å². The molecule has 3 rings (SSSR count). The highest BCUT2D eigenvalue weighted by Gasteiger charge is 2.13. The summed E-state index contributed by atoms with van der Waals surface area (Å²) in [6.07, 6.45) is 2.19. The molecule has 19 heavy (non-hydrogen) atoms. The summed E-state index contributed by atoms with van der Waals surface area (Å²) in [5, 5.41) is 10.4. The van der Waals surface area contributed by atoms with Gasteiger partial charge in [0.25, 0.3) is 5.89 Å². The topological polar surface area (TPSA) is 93.6 Å². The molecule has 6 heteroatoms. The Morgan fingerprint density at radius 3 is 2.74 bits per heavy atom. The van der Waals surface area contributed by atoms with Crippen molar-refractivity contribution in [1.82, 2.24) is 20.3 Å². The summed E-state index contributed by atoms with van der Waals surface area (Å²) >= 11 is 0. The van der Waals surface area contributed by atoms with Crippen molar-refractivity contribution in [2.45, 2.75) is 13.3 Å². The lowest BCUT2D eigenvalue weighted by Crippen LogP contribution is -1.91. The first kappa shape index (κ1) is 11.5. The number of benzene rings is 1. The summed E-state index contributed by atoms with van der Waals surface area (Å²) in [6.45, 7) is 2.05. The number of nitrogens with one attached hydrogen (secondary N) is 1. The van der Waals surface area contributed by atoms with E-state index >= 15 is 0 Å². The lowest BCUT2D eigenvalue weighted by Gasteiger charge is -1.97. The van der Waals surface area contributed by atoms with E-state index in [1.54, 1.807) is 6.20 Å². The second-order valence-electron chi connectivity index (χ2n) is 4.38. The van der Waals surface area contributed by atoms with Gasteiger partial charge in [0.15, 0.2) is 5.82 Å². The number of hydrogen-bond acceptors (Lipinski definition) is 5. The van der Waals surface area contributed by atoms with Crippen LogP contribution in [0.5, 0.6) is 0 Å². The Kier molecular flexibility index (Phi) is 2.75. The van der Waals surface area contributed by atoms with Crippen LogP contribution in [0.1, 0.15) is 17.0 Å². The fourth-order valence-corrected chi connectivity index (χ4v) is 1.79. The number of anilines is 1. The minimum absolute atomic E-state index is 0.383. The smallest absolute Gasteiger partial charge is 0.263 e. The third-order valence-electron chi connectivity index (χ3n) is 2.85. The van der Waals surface area contributed by atoms with Crippen LogP contribution in [0.25, 0.3) is 11.5 Å². The molecule has 3 N–H and O–H groups in total. The number of nitrogens with zero attached hydrogens (tertiary/aromatic N) is 3. The van der Waals surface area contributed by atoms with E-state index in [9.17, 15) is 0 Å². The first-order chi connectivity index (χ1) is 9.22. The lowest BCUT2D eigenvalue weighted by molar-refractivity contribution is 0.424. The quantitative estimate of drug-likeness (QED) is 0.746. The largest absolute Gasteiger partial charge is 0.383 e. The summed E-state index contributed by atoms with van der Waals surface area (Å²) in [5.41, 5.74) is 8.70. The van der Waals surface area contributed by atoms with Crippen molar-refractivity contribution >= 4 is 5.82 Å². The molecule has 0 aliphatic rings. The average Bonchev–Trinajstić information content (AvgIpc) is 3.01. The standard InChI is InChI=1S/C13H13N5O/c1-8-2-4-9(5-3-8)6-11-16-13(19-18-11)10-7-15-17-12(10)14/h2-5,7H,6H2,1H3,(H3,14,15,17). The van der Waals surface area contributed by atoms with E-state index in [0.29, 0.717) is 29.5 Å². The van der Waals surface area contributed by atoms with Crippen molar-refractivity contribution in [3.8, 4) is 11.5 Å². The molecule has 0 radical (unpaired) electrons. The van der Waals surface area contributed by atoms with Gasteiger partial charge >= 0.3 is 0 Å². The number of H-pyrrole nitrogens is 1. The Labute approximate surface area is 109 Å². The number of aryl methyl sites for hydroxylation is 1. The monoisotopic (exact) mass is 255 g/mol. The van der Waals surface area contributed by atoms with E-state index < -0.39 is 0 Å². The molecular formula is C13H13N5O. The minimum atomic E-state index is 0.383. The van der Waals surface area contributed by atoms with Crippen molar-refractivity contribution in [3.63, 3.8) is 0 Å². The van der Waals surface area contributed by atoms with Crippen LogP contribution in [0.2, 0.25) is 0 Å². The number of hydrogen-bond donors (Lipinski definition) is 2. The predicted molar refractivity (Wildman–Crippen MR) is 70.3 cm³/mol.